The normalized spacial score (nSPS) is 11.5. The number of aryl methyl sites for hydroxylation is 1. The van der Waals surface area contributed by atoms with Crippen molar-refractivity contribution in [3.63, 3.8) is 0 Å². The van der Waals surface area contributed by atoms with Gasteiger partial charge in [-0.25, -0.2) is 9.59 Å². The first kappa shape index (κ1) is 24.7. The molecule has 0 atom stereocenters. The summed E-state index contributed by atoms with van der Waals surface area (Å²) < 4.78 is 20.6. The molecular weight excluding hydrogens is 515 g/mol. The summed E-state index contributed by atoms with van der Waals surface area (Å²) in [5, 5.41) is 4.74. The van der Waals surface area contributed by atoms with Crippen LogP contribution in [0.3, 0.4) is 0 Å². The molecule has 11 heteroatoms. The first-order valence-corrected chi connectivity index (χ1v) is 11.7. The van der Waals surface area contributed by atoms with Gasteiger partial charge in [-0.05, 0) is 41.7 Å². The van der Waals surface area contributed by atoms with Gasteiger partial charge in [0.15, 0.2) is 10.9 Å². The van der Waals surface area contributed by atoms with E-state index in [2.05, 4.69) is 9.53 Å². The summed E-state index contributed by atoms with van der Waals surface area (Å²) in [6.45, 7) is 1.91. The van der Waals surface area contributed by atoms with Gasteiger partial charge in [-0.3, -0.25) is 0 Å². The smallest absolute Gasteiger partial charge is 0.360 e. The SMILES string of the molecule is CO/N=C(/C(=O)OC)c1ccccc1COc1cc(C)cc2oc(=O)cc(-c3snc(Cl)c3Cl)c12. The third-order valence-corrected chi connectivity index (χ3v) is 6.84. The average Bonchev–Trinajstić information content (AvgIpc) is 3.17. The lowest BCUT2D eigenvalue weighted by atomic mass is 10.0. The quantitative estimate of drug-likeness (QED) is 0.131. The van der Waals surface area contributed by atoms with E-state index in [-0.39, 0.29) is 22.5 Å². The van der Waals surface area contributed by atoms with E-state index in [4.69, 9.17) is 41.9 Å². The molecule has 0 spiro atoms. The highest BCUT2D eigenvalue weighted by Crippen LogP contribution is 2.42. The molecule has 2 aromatic heterocycles. The van der Waals surface area contributed by atoms with E-state index < -0.39 is 11.6 Å². The van der Waals surface area contributed by atoms with E-state index in [9.17, 15) is 9.59 Å². The molecule has 0 fully saturated rings. The molecule has 0 aliphatic heterocycles. The molecule has 0 aliphatic rings. The Hall–Kier alpha value is -3.40. The first-order valence-electron chi connectivity index (χ1n) is 10.1. The molecule has 35 heavy (non-hydrogen) atoms. The van der Waals surface area contributed by atoms with Crippen LogP contribution >= 0.6 is 34.7 Å². The fourth-order valence-corrected chi connectivity index (χ4v) is 4.78. The maximum absolute atomic E-state index is 12.3. The number of aromatic nitrogens is 1. The molecule has 0 unspecified atom stereocenters. The minimum absolute atomic E-state index is 0.000990. The molecule has 4 aromatic rings. The largest absolute Gasteiger partial charge is 0.488 e. The summed E-state index contributed by atoms with van der Waals surface area (Å²) in [6.07, 6.45) is 0. The zero-order chi connectivity index (χ0) is 25.1. The Bertz CT molecular complexity index is 1510. The predicted octanol–water partition coefficient (Wildman–Crippen LogP) is 5.63. The van der Waals surface area contributed by atoms with E-state index in [0.717, 1.165) is 17.1 Å². The van der Waals surface area contributed by atoms with Gasteiger partial charge in [0.25, 0.3) is 0 Å². The maximum atomic E-state index is 12.3. The number of methoxy groups -OCH3 is 1. The number of carbonyl (C=O) groups is 1. The highest BCUT2D eigenvalue weighted by molar-refractivity contribution is 7.11. The van der Waals surface area contributed by atoms with Gasteiger partial charge in [0.2, 0.25) is 0 Å². The number of halogens is 2. The molecule has 0 saturated heterocycles. The first-order chi connectivity index (χ1) is 16.8. The van der Waals surface area contributed by atoms with Crippen molar-refractivity contribution >= 4 is 57.4 Å². The molecule has 180 valence electrons. The van der Waals surface area contributed by atoms with Crippen molar-refractivity contribution in [2.75, 3.05) is 14.2 Å². The number of benzene rings is 2. The lowest BCUT2D eigenvalue weighted by Gasteiger charge is -2.15. The molecule has 0 radical (unpaired) electrons. The van der Waals surface area contributed by atoms with Crippen LogP contribution in [-0.2, 0) is 21.0 Å². The second-order valence-corrected chi connectivity index (χ2v) is 8.80. The molecular formula is C24H18Cl2N2O6S. The number of fused-ring (bicyclic) bond motifs is 1. The number of hydrogen-bond donors (Lipinski definition) is 0. The van der Waals surface area contributed by atoms with Crippen LogP contribution in [0.5, 0.6) is 5.75 Å². The number of rotatable bonds is 7. The minimum Gasteiger partial charge on any atom is -0.488 e. The zero-order valence-corrected chi connectivity index (χ0v) is 21.1. The Balaban J connectivity index is 1.82. The van der Waals surface area contributed by atoms with E-state index in [0.29, 0.717) is 38.3 Å². The Kier molecular flexibility index (Phi) is 7.39. The number of nitrogens with zero attached hydrogens (tertiary/aromatic N) is 2. The highest BCUT2D eigenvalue weighted by Gasteiger charge is 2.22. The third-order valence-electron chi connectivity index (χ3n) is 5.01. The summed E-state index contributed by atoms with van der Waals surface area (Å²) in [4.78, 5) is 29.9. The van der Waals surface area contributed by atoms with Crippen LogP contribution in [0.15, 0.2) is 56.8 Å². The summed E-state index contributed by atoms with van der Waals surface area (Å²) in [5.74, 6) is -0.210. The van der Waals surface area contributed by atoms with Gasteiger partial charge >= 0.3 is 11.6 Å². The van der Waals surface area contributed by atoms with Gasteiger partial charge < -0.3 is 18.7 Å². The Morgan fingerprint density at radius 2 is 1.94 bits per heavy atom. The lowest BCUT2D eigenvalue weighted by Crippen LogP contribution is -2.19. The summed E-state index contributed by atoms with van der Waals surface area (Å²) in [7, 11) is 2.60. The number of carbonyl (C=O) groups excluding carboxylic acids is 1. The van der Waals surface area contributed by atoms with Crippen molar-refractivity contribution in [3.05, 3.63) is 79.8 Å². The van der Waals surface area contributed by atoms with Crippen LogP contribution in [0, 0.1) is 6.92 Å². The Morgan fingerprint density at radius 1 is 1.17 bits per heavy atom. The van der Waals surface area contributed by atoms with Crippen LogP contribution in [0.2, 0.25) is 10.2 Å². The second-order valence-electron chi connectivity index (χ2n) is 7.29. The molecule has 0 amide bonds. The molecule has 4 rings (SSSR count). The van der Waals surface area contributed by atoms with Gasteiger partial charge in [0, 0.05) is 17.2 Å². The van der Waals surface area contributed by atoms with Crippen LogP contribution in [-0.4, -0.2) is 30.3 Å². The van der Waals surface area contributed by atoms with Gasteiger partial charge in [-0.1, -0.05) is 52.6 Å². The van der Waals surface area contributed by atoms with Crippen LogP contribution < -0.4 is 10.4 Å². The predicted molar refractivity (Wildman–Crippen MR) is 135 cm³/mol. The zero-order valence-electron chi connectivity index (χ0n) is 18.8. The van der Waals surface area contributed by atoms with E-state index in [1.807, 2.05) is 19.1 Å². The molecule has 0 N–H and O–H groups in total. The number of esters is 1. The lowest BCUT2D eigenvalue weighted by molar-refractivity contribution is -0.132. The van der Waals surface area contributed by atoms with Gasteiger partial charge in [0.1, 0.15) is 25.0 Å². The van der Waals surface area contributed by atoms with Crippen LogP contribution in [0.1, 0.15) is 16.7 Å². The standard InChI is InChI=1S/C24H18Cl2N2O6S/c1-12-8-16(33-11-13-6-4-5-7-14(13)21(27-32-3)24(30)31-2)19-15(10-18(29)34-17(19)9-12)22-20(25)23(26)28-35-22/h4-10H,11H2,1-3H3/b27-21+. The minimum atomic E-state index is -0.652. The fourth-order valence-electron chi connectivity index (χ4n) is 3.53. The van der Waals surface area contributed by atoms with Gasteiger partial charge in [-0.15, -0.1) is 0 Å². The second kappa shape index (κ2) is 10.5. The van der Waals surface area contributed by atoms with E-state index in [1.165, 1.54) is 20.3 Å². The molecule has 0 bridgehead atoms. The van der Waals surface area contributed by atoms with Crippen LogP contribution in [0.4, 0.5) is 0 Å². The molecule has 2 heterocycles. The number of ether oxygens (including phenoxy) is 2. The topological polar surface area (TPSA) is 100 Å². The van der Waals surface area contributed by atoms with Gasteiger partial charge in [-0.2, -0.15) is 4.37 Å². The molecule has 0 aliphatic carbocycles. The van der Waals surface area contributed by atoms with Crippen molar-refractivity contribution < 1.29 is 23.5 Å². The van der Waals surface area contributed by atoms with Crippen LogP contribution in [0.25, 0.3) is 21.4 Å². The van der Waals surface area contributed by atoms with Crippen molar-refractivity contribution in [2.24, 2.45) is 5.16 Å². The highest BCUT2D eigenvalue weighted by atomic mass is 35.5. The molecule has 8 nitrogen and oxygen atoms in total. The number of hydrogen-bond acceptors (Lipinski definition) is 9. The van der Waals surface area contributed by atoms with Crippen molar-refractivity contribution in [2.45, 2.75) is 13.5 Å². The Morgan fingerprint density at radius 3 is 2.63 bits per heavy atom. The fraction of sp³-hybridized carbons (Fsp3) is 0.167. The van der Waals surface area contributed by atoms with E-state index in [1.54, 1.807) is 24.3 Å². The van der Waals surface area contributed by atoms with Crippen molar-refractivity contribution in [1.29, 1.82) is 0 Å². The summed E-state index contributed by atoms with van der Waals surface area (Å²) >= 11 is 13.5. The maximum Gasteiger partial charge on any atom is 0.360 e. The summed E-state index contributed by atoms with van der Waals surface area (Å²) in [6, 6.07) is 12.0. The van der Waals surface area contributed by atoms with Gasteiger partial charge in [0.05, 0.1) is 22.4 Å². The third kappa shape index (κ3) is 5.02. The van der Waals surface area contributed by atoms with Crippen molar-refractivity contribution in [1.82, 2.24) is 4.37 Å². The number of oxime groups is 1. The Labute approximate surface area is 213 Å². The van der Waals surface area contributed by atoms with Crippen molar-refractivity contribution in [3.8, 4) is 16.2 Å². The summed E-state index contributed by atoms with van der Waals surface area (Å²) in [5.41, 5.74) is 2.22. The monoisotopic (exact) mass is 532 g/mol. The average molecular weight is 533 g/mol. The van der Waals surface area contributed by atoms with E-state index >= 15 is 0 Å². The molecule has 2 aromatic carbocycles. The molecule has 0 saturated carbocycles.